The minimum Gasteiger partial charge on any atom is -0.497 e. The van der Waals surface area contributed by atoms with Crippen LogP contribution in [-0.4, -0.2) is 30.2 Å². The van der Waals surface area contributed by atoms with Crippen molar-refractivity contribution in [2.45, 2.75) is 6.42 Å². The maximum atomic E-state index is 5.20. The third kappa shape index (κ3) is 5.31. The van der Waals surface area contributed by atoms with Gasteiger partial charge >= 0.3 is 0 Å². The molecule has 0 saturated heterocycles. The van der Waals surface area contributed by atoms with Crippen LogP contribution in [-0.2, 0) is 6.42 Å². The zero-order chi connectivity index (χ0) is 18.9. The van der Waals surface area contributed by atoms with Gasteiger partial charge in [-0.2, -0.15) is 4.98 Å². The van der Waals surface area contributed by atoms with Crippen molar-refractivity contribution in [2.24, 2.45) is 0 Å². The fourth-order valence-electron chi connectivity index (χ4n) is 2.66. The summed E-state index contributed by atoms with van der Waals surface area (Å²) in [6.45, 7) is 5.12. The van der Waals surface area contributed by atoms with E-state index in [4.69, 9.17) is 4.74 Å². The second-order valence-electron chi connectivity index (χ2n) is 6.02. The Morgan fingerprint density at radius 2 is 1.78 bits per heavy atom. The number of methoxy groups -OCH3 is 1. The van der Waals surface area contributed by atoms with Crippen LogP contribution in [0.5, 0.6) is 5.75 Å². The van der Waals surface area contributed by atoms with Crippen LogP contribution in [0.15, 0.2) is 73.3 Å². The topological polar surface area (TPSA) is 59.1 Å². The van der Waals surface area contributed by atoms with E-state index in [2.05, 4.69) is 39.3 Å². The van der Waals surface area contributed by atoms with Crippen molar-refractivity contribution in [3.05, 3.63) is 78.9 Å². The highest BCUT2D eigenvalue weighted by Crippen LogP contribution is 2.21. The molecule has 138 valence electrons. The molecule has 5 nitrogen and oxygen atoms in total. The summed E-state index contributed by atoms with van der Waals surface area (Å²) in [6, 6.07) is 20.2. The first-order valence-electron chi connectivity index (χ1n) is 8.94. The van der Waals surface area contributed by atoms with Gasteiger partial charge in [-0.25, -0.2) is 4.98 Å². The number of anilines is 2. The molecule has 0 amide bonds. The SMILES string of the molecule is C=CCNc1nc(NCCc2ccc(OC)cc2)cc(-c2ccccc2)n1. The van der Waals surface area contributed by atoms with Gasteiger partial charge < -0.3 is 15.4 Å². The van der Waals surface area contributed by atoms with Gasteiger partial charge in [-0.3, -0.25) is 0 Å². The lowest BCUT2D eigenvalue weighted by molar-refractivity contribution is 0.414. The van der Waals surface area contributed by atoms with E-state index in [1.165, 1.54) is 5.56 Å². The second-order valence-corrected chi connectivity index (χ2v) is 6.02. The van der Waals surface area contributed by atoms with E-state index in [1.807, 2.05) is 48.5 Å². The third-order valence-corrected chi connectivity index (χ3v) is 4.08. The molecule has 2 aromatic carbocycles. The van der Waals surface area contributed by atoms with Crippen LogP contribution in [0.2, 0.25) is 0 Å². The quantitative estimate of drug-likeness (QED) is 0.554. The summed E-state index contributed by atoms with van der Waals surface area (Å²) in [6.07, 6.45) is 2.68. The van der Waals surface area contributed by atoms with Crippen LogP contribution < -0.4 is 15.4 Å². The van der Waals surface area contributed by atoms with E-state index in [0.29, 0.717) is 12.5 Å². The van der Waals surface area contributed by atoms with Gasteiger partial charge in [-0.05, 0) is 24.1 Å². The smallest absolute Gasteiger partial charge is 0.225 e. The maximum absolute atomic E-state index is 5.20. The maximum Gasteiger partial charge on any atom is 0.225 e. The average Bonchev–Trinajstić information content (AvgIpc) is 2.73. The van der Waals surface area contributed by atoms with Crippen LogP contribution in [0.3, 0.4) is 0 Å². The minimum atomic E-state index is 0.586. The summed E-state index contributed by atoms with van der Waals surface area (Å²) >= 11 is 0. The molecular weight excluding hydrogens is 336 g/mol. The Kier molecular flexibility index (Phi) is 6.41. The fraction of sp³-hybridized carbons (Fsp3) is 0.182. The molecule has 0 aliphatic heterocycles. The highest BCUT2D eigenvalue weighted by Gasteiger charge is 2.06. The summed E-state index contributed by atoms with van der Waals surface area (Å²) < 4.78 is 5.20. The number of benzene rings is 2. The highest BCUT2D eigenvalue weighted by molar-refractivity contribution is 5.64. The fourth-order valence-corrected chi connectivity index (χ4v) is 2.66. The Bertz CT molecular complexity index is 863. The van der Waals surface area contributed by atoms with Gasteiger partial charge in [0.05, 0.1) is 12.8 Å². The molecule has 0 bridgehead atoms. The van der Waals surface area contributed by atoms with E-state index >= 15 is 0 Å². The number of nitrogens with zero attached hydrogens (tertiary/aromatic N) is 2. The van der Waals surface area contributed by atoms with Crippen LogP contribution in [0.4, 0.5) is 11.8 Å². The monoisotopic (exact) mass is 360 g/mol. The molecule has 0 unspecified atom stereocenters. The number of ether oxygens (including phenoxy) is 1. The van der Waals surface area contributed by atoms with Gasteiger partial charge in [0.25, 0.3) is 0 Å². The van der Waals surface area contributed by atoms with Gasteiger partial charge in [-0.1, -0.05) is 48.5 Å². The molecule has 5 heteroatoms. The minimum absolute atomic E-state index is 0.586. The van der Waals surface area contributed by atoms with Gasteiger partial charge in [-0.15, -0.1) is 6.58 Å². The van der Waals surface area contributed by atoms with Crippen molar-refractivity contribution in [2.75, 3.05) is 30.8 Å². The lowest BCUT2D eigenvalue weighted by Gasteiger charge is -2.11. The second kappa shape index (κ2) is 9.38. The van der Waals surface area contributed by atoms with E-state index in [-0.39, 0.29) is 0 Å². The van der Waals surface area contributed by atoms with Crippen molar-refractivity contribution >= 4 is 11.8 Å². The van der Waals surface area contributed by atoms with Gasteiger partial charge in [0.15, 0.2) is 0 Å². The van der Waals surface area contributed by atoms with Gasteiger partial charge in [0, 0.05) is 24.7 Å². The van der Waals surface area contributed by atoms with E-state index in [9.17, 15) is 0 Å². The molecule has 0 spiro atoms. The summed E-state index contributed by atoms with van der Waals surface area (Å²) in [7, 11) is 1.67. The lowest BCUT2D eigenvalue weighted by Crippen LogP contribution is -2.10. The summed E-state index contributed by atoms with van der Waals surface area (Å²) in [5, 5.41) is 6.57. The number of nitrogens with one attached hydrogen (secondary N) is 2. The molecular formula is C22H24N4O. The van der Waals surface area contributed by atoms with Crippen molar-refractivity contribution in [3.63, 3.8) is 0 Å². The third-order valence-electron chi connectivity index (χ3n) is 4.08. The number of hydrogen-bond donors (Lipinski definition) is 2. The molecule has 0 saturated carbocycles. The first-order valence-corrected chi connectivity index (χ1v) is 8.94. The molecule has 0 fully saturated rings. The molecule has 0 radical (unpaired) electrons. The summed E-state index contributed by atoms with van der Waals surface area (Å²) in [4.78, 5) is 9.16. The molecule has 0 aliphatic carbocycles. The van der Waals surface area contributed by atoms with Crippen molar-refractivity contribution in [3.8, 4) is 17.0 Å². The number of aromatic nitrogens is 2. The largest absolute Gasteiger partial charge is 0.497 e. The molecule has 3 rings (SSSR count). The zero-order valence-corrected chi connectivity index (χ0v) is 15.5. The molecule has 0 aliphatic rings. The Morgan fingerprint density at radius 1 is 1.00 bits per heavy atom. The first kappa shape index (κ1) is 18.5. The molecule has 27 heavy (non-hydrogen) atoms. The standard InChI is InChI=1S/C22H24N4O/c1-3-14-24-22-25-20(18-7-5-4-6-8-18)16-21(26-22)23-15-13-17-9-11-19(27-2)12-10-17/h3-12,16H,1,13-15H2,2H3,(H2,23,24,25,26). The van der Waals surface area contributed by atoms with Gasteiger partial charge in [0.1, 0.15) is 11.6 Å². The van der Waals surface area contributed by atoms with Crippen LogP contribution in [0, 0.1) is 0 Å². The Balaban J connectivity index is 1.71. The summed E-state index contributed by atoms with van der Waals surface area (Å²) in [5.74, 6) is 2.25. The zero-order valence-electron chi connectivity index (χ0n) is 15.5. The number of rotatable bonds is 9. The molecule has 1 aromatic heterocycles. The van der Waals surface area contributed by atoms with Crippen LogP contribution in [0.1, 0.15) is 5.56 Å². The first-order chi connectivity index (χ1) is 13.3. The average molecular weight is 360 g/mol. The number of hydrogen-bond acceptors (Lipinski definition) is 5. The normalized spacial score (nSPS) is 10.3. The summed E-state index contributed by atoms with van der Waals surface area (Å²) in [5.41, 5.74) is 3.18. The molecule has 3 aromatic rings. The molecule has 1 heterocycles. The Labute approximate surface area is 160 Å². The van der Waals surface area contributed by atoms with E-state index in [1.54, 1.807) is 13.2 Å². The Morgan fingerprint density at radius 3 is 2.48 bits per heavy atom. The van der Waals surface area contributed by atoms with E-state index in [0.717, 1.165) is 35.8 Å². The van der Waals surface area contributed by atoms with Crippen molar-refractivity contribution in [1.82, 2.24) is 9.97 Å². The van der Waals surface area contributed by atoms with Crippen molar-refractivity contribution in [1.29, 1.82) is 0 Å². The molecule has 0 atom stereocenters. The van der Waals surface area contributed by atoms with Gasteiger partial charge in [0.2, 0.25) is 5.95 Å². The lowest BCUT2D eigenvalue weighted by atomic mass is 10.1. The Hall–Kier alpha value is -3.34. The predicted octanol–water partition coefficient (Wildman–Crippen LogP) is 4.40. The van der Waals surface area contributed by atoms with Crippen LogP contribution in [0.25, 0.3) is 11.3 Å². The predicted molar refractivity (Wildman–Crippen MR) is 111 cm³/mol. The van der Waals surface area contributed by atoms with Crippen LogP contribution >= 0.6 is 0 Å². The van der Waals surface area contributed by atoms with Crippen molar-refractivity contribution < 1.29 is 4.74 Å². The highest BCUT2D eigenvalue weighted by atomic mass is 16.5. The van der Waals surface area contributed by atoms with E-state index < -0.39 is 0 Å². The molecule has 2 N–H and O–H groups in total.